The van der Waals surface area contributed by atoms with Crippen LogP contribution in [0.4, 0.5) is 0 Å². The minimum atomic E-state index is -0.150. The molecule has 3 aromatic carbocycles. The van der Waals surface area contributed by atoms with Crippen LogP contribution in [0.1, 0.15) is 432 Å². The third-order valence-electron chi connectivity index (χ3n) is 24.5. The highest BCUT2D eigenvalue weighted by Crippen LogP contribution is 2.64. The average molecular weight is 1430 g/mol. The second kappa shape index (κ2) is 42.0. The molecule has 0 radical (unpaired) electrons. The third kappa shape index (κ3) is 19.7. The van der Waals surface area contributed by atoms with Gasteiger partial charge in [-0.25, -0.2) is 0 Å². The van der Waals surface area contributed by atoms with Crippen molar-refractivity contribution in [2.24, 2.45) is 0 Å². The molecule has 7 aromatic rings. The number of hydrogen-bond donors (Lipinski definition) is 0. The van der Waals surface area contributed by atoms with E-state index in [2.05, 4.69) is 103 Å². The molecule has 8 heteroatoms. The molecule has 550 valence electrons. The number of thiophene rings is 2. The molecule has 3 aliphatic carbocycles. The zero-order valence-electron chi connectivity index (χ0n) is 65.1. The molecule has 0 atom stereocenters. The lowest BCUT2D eigenvalue weighted by molar-refractivity contribution is 0.393. The monoisotopic (exact) mass is 1430 g/mol. The van der Waals surface area contributed by atoms with E-state index in [0.29, 0.717) is 0 Å². The highest BCUT2D eigenvalue weighted by atomic mass is 32.1. The molecular formula is C92H138N4S4. The highest BCUT2D eigenvalue weighted by Gasteiger charge is 2.50. The standard InChI is InChI=1S/C92H138N4S4/c1-9-15-21-27-31-35-39-43-47-53-59-91(60-54-48-44-40-36-32-28-22-16-10-2)77-66-73-78(65-72(77)83-79(91)63-69(7)85-87(83)95-99-93-85)92(61-55-49-45-41-37-33-29-23-17-11-3,62-56-50-46-42-38-34-30-24-18-12-4)80-67-74(86-88(84(73)80)96-100-94-86)81-68-76-82(75-64-70(8)97-89(75)90(76)98-81)71(57-51-25-19-13-5)58-52-26-20-14-6/h63-68H,9-62H2,1-8H3. The molecule has 4 heterocycles. The van der Waals surface area contributed by atoms with Crippen LogP contribution in [0.2, 0.25) is 0 Å². The van der Waals surface area contributed by atoms with Crippen LogP contribution < -0.4 is 0 Å². The maximum atomic E-state index is 5.64. The molecule has 0 fully saturated rings. The Kier molecular flexibility index (Phi) is 33.2. The smallest absolute Gasteiger partial charge is 0.114 e. The van der Waals surface area contributed by atoms with Gasteiger partial charge in [0.15, 0.2) is 0 Å². The zero-order valence-corrected chi connectivity index (χ0v) is 68.3. The van der Waals surface area contributed by atoms with Gasteiger partial charge in [0.25, 0.3) is 0 Å². The normalized spacial score (nSPS) is 13.9. The number of allylic oxidation sites excluding steroid dienone is 1. The number of rotatable bonds is 55. The predicted molar refractivity (Wildman–Crippen MR) is 446 cm³/mol. The highest BCUT2D eigenvalue weighted by molar-refractivity contribution is 7.24. The molecule has 0 saturated heterocycles. The second-order valence-electron chi connectivity index (χ2n) is 32.3. The summed E-state index contributed by atoms with van der Waals surface area (Å²) in [6.07, 6.45) is 72.1. The Hall–Kier alpha value is -3.56. The van der Waals surface area contributed by atoms with Gasteiger partial charge in [-0.1, -0.05) is 349 Å². The summed E-state index contributed by atoms with van der Waals surface area (Å²) in [6.45, 7) is 18.8. The van der Waals surface area contributed by atoms with Gasteiger partial charge < -0.3 is 0 Å². The van der Waals surface area contributed by atoms with Gasteiger partial charge in [-0.05, 0) is 140 Å². The van der Waals surface area contributed by atoms with Crippen LogP contribution in [-0.4, -0.2) is 17.5 Å². The Morgan fingerprint density at radius 3 is 1.00 bits per heavy atom. The Bertz CT molecular complexity index is 3520. The summed E-state index contributed by atoms with van der Waals surface area (Å²) in [4.78, 5) is 5.87. The summed E-state index contributed by atoms with van der Waals surface area (Å²) in [6, 6.07) is 16.4. The van der Waals surface area contributed by atoms with Crippen molar-refractivity contribution >= 4 is 73.8 Å². The van der Waals surface area contributed by atoms with Crippen LogP contribution in [0, 0.1) is 13.8 Å². The van der Waals surface area contributed by atoms with Crippen molar-refractivity contribution in [1.29, 1.82) is 0 Å². The summed E-state index contributed by atoms with van der Waals surface area (Å²) in [5, 5.41) is 0. The first-order valence-electron chi connectivity index (χ1n) is 43.0. The van der Waals surface area contributed by atoms with Crippen molar-refractivity contribution in [2.75, 3.05) is 0 Å². The van der Waals surface area contributed by atoms with Crippen LogP contribution in [0.5, 0.6) is 0 Å². The molecule has 0 aliphatic heterocycles. The Morgan fingerprint density at radius 1 is 0.290 bits per heavy atom. The molecule has 0 amide bonds. The van der Waals surface area contributed by atoms with Crippen molar-refractivity contribution in [1.82, 2.24) is 17.5 Å². The van der Waals surface area contributed by atoms with Crippen molar-refractivity contribution < 1.29 is 0 Å². The summed E-state index contributed by atoms with van der Waals surface area (Å²) >= 11 is 7.05. The van der Waals surface area contributed by atoms with E-state index >= 15 is 0 Å². The van der Waals surface area contributed by atoms with Gasteiger partial charge in [-0.15, -0.1) is 22.7 Å². The predicted octanol–water partition coefficient (Wildman–Crippen LogP) is 32.6. The van der Waals surface area contributed by atoms with Crippen molar-refractivity contribution in [3.63, 3.8) is 0 Å². The lowest BCUT2D eigenvalue weighted by Gasteiger charge is -2.35. The van der Waals surface area contributed by atoms with Crippen LogP contribution >= 0.6 is 46.1 Å². The van der Waals surface area contributed by atoms with Crippen LogP contribution in [0.25, 0.3) is 70.1 Å². The summed E-state index contributed by atoms with van der Waals surface area (Å²) < 4.78 is 21.7. The molecule has 0 saturated carbocycles. The summed E-state index contributed by atoms with van der Waals surface area (Å²) in [5.41, 5.74) is 25.6. The van der Waals surface area contributed by atoms with Crippen molar-refractivity contribution in [3.8, 4) is 42.4 Å². The average Bonchev–Trinajstić information content (AvgIpc) is 1.52. The van der Waals surface area contributed by atoms with Crippen molar-refractivity contribution in [3.05, 3.63) is 85.8 Å². The number of aromatic nitrogens is 4. The van der Waals surface area contributed by atoms with Gasteiger partial charge in [0, 0.05) is 48.4 Å². The number of aryl methyl sites for hydroxylation is 2. The van der Waals surface area contributed by atoms with Crippen molar-refractivity contribution in [2.45, 2.75) is 413 Å². The van der Waals surface area contributed by atoms with Gasteiger partial charge in [0.1, 0.15) is 22.1 Å². The van der Waals surface area contributed by atoms with Gasteiger partial charge >= 0.3 is 0 Å². The fraction of sp³-hybridized carbons (Fsp3) is 0.696. The summed E-state index contributed by atoms with van der Waals surface area (Å²) in [7, 11) is 0. The second-order valence-corrected chi connectivity index (χ2v) is 35.6. The minimum absolute atomic E-state index is 0.0902. The lowest BCUT2D eigenvalue weighted by atomic mass is 9.68. The molecule has 3 aliphatic rings. The Balaban J connectivity index is 1.11. The number of fused-ring (bicyclic) bond motifs is 13. The minimum Gasteiger partial charge on any atom is -0.173 e. The van der Waals surface area contributed by atoms with Crippen LogP contribution in [-0.2, 0) is 10.8 Å². The molecular weight excluding hydrogens is 1290 g/mol. The van der Waals surface area contributed by atoms with E-state index in [9.17, 15) is 0 Å². The first kappa shape index (κ1) is 79.0. The van der Waals surface area contributed by atoms with E-state index in [-0.39, 0.29) is 10.8 Å². The van der Waals surface area contributed by atoms with Gasteiger partial charge in [-0.3, -0.25) is 0 Å². The lowest BCUT2D eigenvalue weighted by Crippen LogP contribution is -2.27. The maximum absolute atomic E-state index is 5.64. The Labute approximate surface area is 627 Å². The first-order chi connectivity index (χ1) is 49.3. The molecule has 0 spiro atoms. The Morgan fingerprint density at radius 2 is 0.600 bits per heavy atom. The van der Waals surface area contributed by atoms with E-state index < -0.39 is 0 Å². The molecule has 10 rings (SSSR count). The van der Waals surface area contributed by atoms with Crippen LogP contribution in [0.3, 0.4) is 0 Å². The number of nitrogens with zero attached hydrogens (tertiary/aromatic N) is 4. The van der Waals surface area contributed by atoms with Gasteiger partial charge in [0.2, 0.25) is 0 Å². The van der Waals surface area contributed by atoms with E-state index in [0.717, 1.165) is 11.0 Å². The SMILES string of the molecule is CCCCCCCCCCCCC1(CCCCCCCCCCCC)c2cc3c(cc2-c2c1cc(C)c1nsnc21)C(CCCCCCCCCCCC)(CCCCCCCCCCCC)c1cc(-c2cc4c(s2)-c2sc(C)cc2C4=C(CCCCCC)CCCCCC)c2nsnc2c1-3. The van der Waals surface area contributed by atoms with Gasteiger partial charge in [-0.2, -0.15) is 17.5 Å². The number of unbranched alkanes of at least 4 members (excludes halogenated alkanes) is 42. The number of hydrogen-bond acceptors (Lipinski definition) is 8. The first-order valence-corrected chi connectivity index (χ1v) is 46.1. The van der Waals surface area contributed by atoms with Gasteiger partial charge in [0.05, 0.1) is 33.2 Å². The zero-order chi connectivity index (χ0) is 69.8. The molecule has 4 aromatic heterocycles. The van der Waals surface area contributed by atoms with E-state index in [1.165, 1.54) is 445 Å². The molecule has 0 N–H and O–H groups in total. The summed E-state index contributed by atoms with van der Waals surface area (Å²) in [5.74, 6) is 0. The largest absolute Gasteiger partial charge is 0.173 e. The quantitative estimate of drug-likeness (QED) is 0.0357. The fourth-order valence-corrected chi connectivity index (χ4v) is 22.3. The molecule has 0 unspecified atom stereocenters. The fourth-order valence-electron chi connectivity index (χ4n) is 18.8. The molecule has 4 nitrogen and oxygen atoms in total. The third-order valence-corrected chi connectivity index (χ3v) is 27.9. The molecule has 100 heavy (non-hydrogen) atoms. The van der Waals surface area contributed by atoms with Crippen LogP contribution in [0.15, 0.2) is 42.0 Å². The number of benzene rings is 3. The van der Waals surface area contributed by atoms with E-state index in [4.69, 9.17) is 17.5 Å². The molecule has 0 bridgehead atoms. The van der Waals surface area contributed by atoms with E-state index in [1.54, 1.807) is 33.4 Å². The van der Waals surface area contributed by atoms with E-state index in [1.807, 2.05) is 11.3 Å². The topological polar surface area (TPSA) is 51.6 Å². The maximum Gasteiger partial charge on any atom is 0.114 e.